The third kappa shape index (κ3) is 2.61. The largest absolute Gasteiger partial charge is 0.321 e. The second-order valence-corrected chi connectivity index (χ2v) is 3.80. The highest BCUT2D eigenvalue weighted by molar-refractivity contribution is 6.65. The molecule has 0 aromatic carbocycles. The van der Waals surface area contributed by atoms with Crippen LogP contribution < -0.4 is 0 Å². The van der Waals surface area contributed by atoms with Crippen LogP contribution in [0.25, 0.3) is 0 Å². The number of halogens is 3. The molecule has 0 spiro atoms. The number of hydrogen-bond acceptors (Lipinski definition) is 2. The first-order valence-electron chi connectivity index (χ1n) is 4.21. The normalized spacial score (nSPS) is 25.1. The maximum atomic E-state index is 12.9. The number of hydrogen-bond donors (Lipinski definition) is 0. The molecule has 0 saturated carbocycles. The first-order chi connectivity index (χ1) is 5.93. The lowest BCUT2D eigenvalue weighted by molar-refractivity contribution is -0.136. The first kappa shape index (κ1) is 10.9. The molecular formula is C8H12ClF2NO. The number of likely N-dealkylation sites (tertiary alicyclic amines) is 1. The molecule has 2 nitrogen and oxygen atoms in total. The van der Waals surface area contributed by atoms with Crippen LogP contribution in [0.4, 0.5) is 8.78 Å². The van der Waals surface area contributed by atoms with E-state index in [9.17, 15) is 13.6 Å². The monoisotopic (exact) mass is 211 g/mol. The Morgan fingerprint density at radius 3 is 2.69 bits per heavy atom. The summed E-state index contributed by atoms with van der Waals surface area (Å²) in [4.78, 5) is 12.2. The van der Waals surface area contributed by atoms with Gasteiger partial charge in [-0.3, -0.25) is 4.79 Å². The Labute approximate surface area is 80.8 Å². The molecule has 1 unspecified atom stereocenters. The summed E-state index contributed by atoms with van der Waals surface area (Å²) in [5.74, 6) is -3.37. The van der Waals surface area contributed by atoms with E-state index in [1.165, 1.54) is 0 Å². The van der Waals surface area contributed by atoms with Crippen molar-refractivity contribution in [2.45, 2.75) is 31.2 Å². The molecule has 1 rings (SSSR count). The van der Waals surface area contributed by atoms with Crippen molar-refractivity contribution in [3.63, 3.8) is 0 Å². The van der Waals surface area contributed by atoms with Crippen LogP contribution in [-0.4, -0.2) is 35.7 Å². The average Bonchev–Trinajstić information content (AvgIpc) is 2.35. The van der Waals surface area contributed by atoms with Gasteiger partial charge in [-0.1, -0.05) is 0 Å². The Morgan fingerprint density at radius 2 is 2.31 bits per heavy atom. The van der Waals surface area contributed by atoms with Crippen LogP contribution in [0, 0.1) is 0 Å². The Kier molecular flexibility index (Phi) is 3.24. The Bertz CT molecular complexity index is 210. The summed E-state index contributed by atoms with van der Waals surface area (Å²) < 4.78 is 25.7. The minimum atomic E-state index is -3.37. The maximum absolute atomic E-state index is 12.9. The third-order valence-electron chi connectivity index (χ3n) is 2.45. The van der Waals surface area contributed by atoms with Gasteiger partial charge in [0.15, 0.2) is 0 Å². The van der Waals surface area contributed by atoms with Crippen LogP contribution in [0.1, 0.15) is 19.3 Å². The van der Waals surface area contributed by atoms with Crippen molar-refractivity contribution in [3.8, 4) is 0 Å². The molecule has 76 valence electrons. The number of carbonyl (C=O) groups is 1. The van der Waals surface area contributed by atoms with Gasteiger partial charge < -0.3 is 4.90 Å². The predicted molar refractivity (Wildman–Crippen MR) is 46.1 cm³/mol. The van der Waals surface area contributed by atoms with Crippen molar-refractivity contribution >= 4 is 16.8 Å². The Balaban J connectivity index is 2.52. The molecule has 1 atom stereocenters. The van der Waals surface area contributed by atoms with Gasteiger partial charge in [0.25, 0.3) is 5.24 Å². The van der Waals surface area contributed by atoms with E-state index >= 15 is 0 Å². The fraction of sp³-hybridized carbons (Fsp3) is 0.875. The zero-order chi connectivity index (χ0) is 10.1. The standard InChI is InChI=1S/C8H12ClF2NO/c1-12-4-2-3-6(12)5-8(10,11)7(9)13/h6H,2-5H2,1H3. The summed E-state index contributed by atoms with van der Waals surface area (Å²) in [6.07, 6.45) is 1.18. The molecule has 0 aliphatic carbocycles. The molecule has 0 aromatic rings. The molecule has 0 amide bonds. The van der Waals surface area contributed by atoms with Crippen LogP contribution >= 0.6 is 11.6 Å². The maximum Gasteiger partial charge on any atom is 0.321 e. The average molecular weight is 212 g/mol. The summed E-state index contributed by atoms with van der Waals surface area (Å²) in [5, 5.41) is -1.55. The molecule has 1 saturated heterocycles. The summed E-state index contributed by atoms with van der Waals surface area (Å²) in [6.45, 7) is 0.817. The zero-order valence-corrected chi connectivity index (χ0v) is 8.15. The van der Waals surface area contributed by atoms with Gasteiger partial charge in [0.2, 0.25) is 0 Å². The van der Waals surface area contributed by atoms with Gasteiger partial charge >= 0.3 is 5.92 Å². The highest BCUT2D eigenvalue weighted by atomic mass is 35.5. The quantitative estimate of drug-likeness (QED) is 0.665. The summed E-state index contributed by atoms with van der Waals surface area (Å²) in [5.41, 5.74) is 0. The fourth-order valence-electron chi connectivity index (χ4n) is 1.61. The van der Waals surface area contributed by atoms with Crippen LogP contribution in [0.3, 0.4) is 0 Å². The van der Waals surface area contributed by atoms with Crippen LogP contribution in [-0.2, 0) is 4.79 Å². The van der Waals surface area contributed by atoms with Gasteiger partial charge in [0.1, 0.15) is 0 Å². The van der Waals surface area contributed by atoms with E-state index in [2.05, 4.69) is 0 Å². The van der Waals surface area contributed by atoms with Gasteiger partial charge in [0.05, 0.1) is 0 Å². The van der Waals surface area contributed by atoms with Crippen molar-refractivity contribution in [1.29, 1.82) is 0 Å². The van der Waals surface area contributed by atoms with E-state index in [0.717, 1.165) is 19.4 Å². The molecule has 1 aliphatic rings. The van der Waals surface area contributed by atoms with Crippen molar-refractivity contribution in [2.75, 3.05) is 13.6 Å². The van der Waals surface area contributed by atoms with Gasteiger partial charge in [-0.15, -0.1) is 0 Å². The van der Waals surface area contributed by atoms with E-state index in [0.29, 0.717) is 0 Å². The fourth-order valence-corrected chi connectivity index (χ4v) is 1.69. The molecule has 0 radical (unpaired) electrons. The Hall–Kier alpha value is -0.220. The summed E-state index contributed by atoms with van der Waals surface area (Å²) >= 11 is 4.79. The molecule has 0 bridgehead atoms. The lowest BCUT2D eigenvalue weighted by Crippen LogP contribution is -2.35. The lowest BCUT2D eigenvalue weighted by Gasteiger charge is -2.22. The van der Waals surface area contributed by atoms with Crippen molar-refractivity contribution in [3.05, 3.63) is 0 Å². The van der Waals surface area contributed by atoms with Crippen molar-refractivity contribution in [1.82, 2.24) is 4.90 Å². The molecule has 0 aromatic heterocycles. The molecule has 5 heteroatoms. The van der Waals surface area contributed by atoms with Crippen LogP contribution in [0.2, 0.25) is 0 Å². The molecule has 1 heterocycles. The van der Waals surface area contributed by atoms with Gasteiger partial charge in [-0.25, -0.2) is 0 Å². The van der Waals surface area contributed by atoms with Gasteiger partial charge in [-0.2, -0.15) is 8.78 Å². The highest BCUT2D eigenvalue weighted by Gasteiger charge is 2.41. The molecule has 1 fully saturated rings. The minimum Gasteiger partial charge on any atom is -0.303 e. The SMILES string of the molecule is CN1CCCC1CC(F)(F)C(=O)Cl. The second-order valence-electron chi connectivity index (χ2n) is 3.46. The molecule has 1 aliphatic heterocycles. The van der Waals surface area contributed by atoms with E-state index in [1.807, 2.05) is 4.90 Å². The minimum absolute atomic E-state index is 0.210. The van der Waals surface area contributed by atoms with E-state index in [1.54, 1.807) is 7.05 Å². The zero-order valence-electron chi connectivity index (χ0n) is 7.40. The lowest BCUT2D eigenvalue weighted by atomic mass is 10.1. The number of nitrogens with zero attached hydrogens (tertiary/aromatic N) is 1. The number of rotatable bonds is 3. The van der Waals surface area contributed by atoms with Gasteiger partial charge in [0, 0.05) is 12.5 Å². The van der Waals surface area contributed by atoms with E-state index in [-0.39, 0.29) is 6.04 Å². The van der Waals surface area contributed by atoms with Crippen molar-refractivity contribution < 1.29 is 13.6 Å². The summed E-state index contributed by atoms with van der Waals surface area (Å²) in [7, 11) is 1.78. The van der Waals surface area contributed by atoms with Crippen LogP contribution in [0.5, 0.6) is 0 Å². The second kappa shape index (κ2) is 3.88. The van der Waals surface area contributed by atoms with Gasteiger partial charge in [-0.05, 0) is 38.0 Å². The topological polar surface area (TPSA) is 20.3 Å². The van der Waals surface area contributed by atoms with Crippen LogP contribution in [0.15, 0.2) is 0 Å². The molecule has 0 N–H and O–H groups in total. The molecular weight excluding hydrogens is 200 g/mol. The van der Waals surface area contributed by atoms with E-state index in [4.69, 9.17) is 11.6 Å². The van der Waals surface area contributed by atoms with Crippen molar-refractivity contribution in [2.24, 2.45) is 0 Å². The molecule has 13 heavy (non-hydrogen) atoms. The Morgan fingerprint density at radius 1 is 1.69 bits per heavy atom. The highest BCUT2D eigenvalue weighted by Crippen LogP contribution is 2.29. The predicted octanol–water partition coefficient (Wildman–Crippen LogP) is 1.87. The number of carbonyl (C=O) groups excluding carboxylic acids is 1. The summed E-state index contributed by atoms with van der Waals surface area (Å²) in [6, 6.07) is -0.210. The van der Waals surface area contributed by atoms with E-state index < -0.39 is 17.6 Å². The number of alkyl halides is 2. The third-order valence-corrected chi connectivity index (χ3v) is 2.73. The smallest absolute Gasteiger partial charge is 0.303 e. The first-order valence-corrected chi connectivity index (χ1v) is 4.59.